The molecule has 1 fully saturated rings. The molecule has 4 heteroatoms. The van der Waals surface area contributed by atoms with Crippen molar-refractivity contribution in [3.63, 3.8) is 0 Å². The molecule has 0 spiro atoms. The van der Waals surface area contributed by atoms with E-state index in [0.717, 1.165) is 31.0 Å². The highest BCUT2D eigenvalue weighted by Crippen LogP contribution is 2.34. The van der Waals surface area contributed by atoms with E-state index in [1.165, 1.54) is 0 Å². The van der Waals surface area contributed by atoms with E-state index in [2.05, 4.69) is 24.5 Å². The molecule has 1 aromatic heterocycles. The van der Waals surface area contributed by atoms with Crippen molar-refractivity contribution in [2.75, 3.05) is 13.1 Å². The Morgan fingerprint density at radius 1 is 1.56 bits per heavy atom. The minimum atomic E-state index is -0.262. The number of carbonyl (C=O) groups excluding carboxylic acids is 1. The Kier molecular flexibility index (Phi) is 3.76. The van der Waals surface area contributed by atoms with Crippen LogP contribution in [0.5, 0.6) is 0 Å². The van der Waals surface area contributed by atoms with Crippen LogP contribution in [0, 0.1) is 18.3 Å². The van der Waals surface area contributed by atoms with Crippen molar-refractivity contribution in [3.05, 3.63) is 23.7 Å². The van der Waals surface area contributed by atoms with Gasteiger partial charge in [0, 0.05) is 6.54 Å². The van der Waals surface area contributed by atoms with Gasteiger partial charge in [0.1, 0.15) is 11.5 Å². The minimum absolute atomic E-state index is 0.136. The van der Waals surface area contributed by atoms with Crippen LogP contribution in [0.15, 0.2) is 16.5 Å². The van der Waals surface area contributed by atoms with E-state index in [1.807, 2.05) is 19.1 Å². The molecule has 2 rings (SSSR count). The van der Waals surface area contributed by atoms with Crippen LogP contribution in [-0.2, 0) is 11.3 Å². The van der Waals surface area contributed by atoms with Crippen LogP contribution in [0.3, 0.4) is 0 Å². The Labute approximate surface area is 108 Å². The number of carbonyl (C=O) groups is 1. The molecule has 100 valence electrons. The Hall–Kier alpha value is -1.29. The highest BCUT2D eigenvalue weighted by molar-refractivity contribution is 5.83. The monoisotopic (exact) mass is 250 g/mol. The molecule has 0 bridgehead atoms. The lowest BCUT2D eigenvalue weighted by molar-refractivity contribution is -0.132. The van der Waals surface area contributed by atoms with E-state index in [4.69, 9.17) is 4.42 Å². The lowest BCUT2D eigenvalue weighted by Gasteiger charge is -2.30. The van der Waals surface area contributed by atoms with Crippen molar-refractivity contribution in [2.24, 2.45) is 11.3 Å². The average Bonchev–Trinajstić information content (AvgIpc) is 2.95. The van der Waals surface area contributed by atoms with Gasteiger partial charge in [-0.3, -0.25) is 4.79 Å². The van der Waals surface area contributed by atoms with Crippen molar-refractivity contribution >= 4 is 5.91 Å². The maximum absolute atomic E-state index is 12.4. The molecule has 1 unspecified atom stereocenters. The molecular weight excluding hydrogens is 228 g/mol. The van der Waals surface area contributed by atoms with E-state index in [1.54, 1.807) is 0 Å². The summed E-state index contributed by atoms with van der Waals surface area (Å²) in [4.78, 5) is 12.4. The molecular formula is C14H22N2O2. The van der Waals surface area contributed by atoms with Gasteiger partial charge >= 0.3 is 0 Å². The Balaban J connectivity index is 1.98. The number of amides is 1. The second-order valence-corrected chi connectivity index (χ2v) is 5.43. The minimum Gasteiger partial charge on any atom is -0.465 e. The Bertz CT molecular complexity index is 417. The zero-order valence-electron chi connectivity index (χ0n) is 11.4. The second-order valence-electron chi connectivity index (χ2n) is 5.43. The molecule has 0 saturated carbocycles. The molecule has 4 nitrogen and oxygen atoms in total. The third kappa shape index (κ3) is 2.43. The Morgan fingerprint density at radius 2 is 2.33 bits per heavy atom. The van der Waals surface area contributed by atoms with Crippen molar-refractivity contribution in [1.29, 1.82) is 0 Å². The van der Waals surface area contributed by atoms with Crippen molar-refractivity contribution in [2.45, 2.75) is 33.7 Å². The van der Waals surface area contributed by atoms with Crippen molar-refractivity contribution in [3.8, 4) is 0 Å². The average molecular weight is 250 g/mol. The summed E-state index contributed by atoms with van der Waals surface area (Å²) in [6.45, 7) is 8.30. The van der Waals surface area contributed by atoms with Crippen molar-refractivity contribution < 1.29 is 9.21 Å². The summed E-state index contributed by atoms with van der Waals surface area (Å²) in [5.74, 6) is 2.16. The fourth-order valence-electron chi connectivity index (χ4n) is 2.58. The molecule has 1 amide bonds. The number of furan rings is 1. The van der Waals surface area contributed by atoms with Crippen LogP contribution in [0.25, 0.3) is 0 Å². The lowest BCUT2D eigenvalue weighted by atomic mass is 9.75. The molecule has 0 aromatic carbocycles. The first-order valence-electron chi connectivity index (χ1n) is 6.59. The van der Waals surface area contributed by atoms with Crippen LogP contribution in [0.1, 0.15) is 31.8 Å². The zero-order valence-corrected chi connectivity index (χ0v) is 11.4. The van der Waals surface area contributed by atoms with Gasteiger partial charge in [0.25, 0.3) is 0 Å². The highest BCUT2D eigenvalue weighted by Gasteiger charge is 2.43. The molecule has 1 aliphatic heterocycles. The molecule has 1 aliphatic rings. The predicted octanol–water partition coefficient (Wildman–Crippen LogP) is 1.84. The second kappa shape index (κ2) is 5.14. The topological polar surface area (TPSA) is 54.3 Å². The van der Waals surface area contributed by atoms with E-state index >= 15 is 0 Å². The van der Waals surface area contributed by atoms with Gasteiger partial charge in [0.2, 0.25) is 5.91 Å². The number of hydrogen-bond acceptors (Lipinski definition) is 3. The first-order chi connectivity index (χ1) is 8.54. The van der Waals surface area contributed by atoms with Crippen LogP contribution in [-0.4, -0.2) is 19.0 Å². The number of hydrogen-bond donors (Lipinski definition) is 2. The van der Waals surface area contributed by atoms with Gasteiger partial charge in [-0.15, -0.1) is 0 Å². The van der Waals surface area contributed by atoms with E-state index < -0.39 is 0 Å². The van der Waals surface area contributed by atoms with Gasteiger partial charge in [-0.25, -0.2) is 0 Å². The number of rotatable bonds is 4. The van der Waals surface area contributed by atoms with E-state index in [0.29, 0.717) is 12.5 Å². The van der Waals surface area contributed by atoms with Gasteiger partial charge in [-0.1, -0.05) is 13.8 Å². The summed E-state index contributed by atoms with van der Waals surface area (Å²) in [5.41, 5.74) is -0.262. The third-order valence-electron chi connectivity index (χ3n) is 3.96. The molecule has 2 N–H and O–H groups in total. The van der Waals surface area contributed by atoms with Gasteiger partial charge in [0.15, 0.2) is 0 Å². The Morgan fingerprint density at radius 3 is 2.83 bits per heavy atom. The first-order valence-corrected chi connectivity index (χ1v) is 6.59. The van der Waals surface area contributed by atoms with Gasteiger partial charge in [0.05, 0.1) is 12.0 Å². The van der Waals surface area contributed by atoms with Gasteiger partial charge in [-0.2, -0.15) is 0 Å². The molecule has 0 radical (unpaired) electrons. The summed E-state index contributed by atoms with van der Waals surface area (Å²) < 4.78 is 5.46. The molecule has 1 saturated heterocycles. The fraction of sp³-hybridized carbons (Fsp3) is 0.643. The van der Waals surface area contributed by atoms with E-state index in [-0.39, 0.29) is 11.3 Å². The van der Waals surface area contributed by atoms with Crippen LogP contribution in [0.4, 0.5) is 0 Å². The highest BCUT2D eigenvalue weighted by atomic mass is 16.3. The van der Waals surface area contributed by atoms with Crippen LogP contribution < -0.4 is 10.6 Å². The lowest BCUT2D eigenvalue weighted by Crippen LogP contribution is -2.45. The quantitative estimate of drug-likeness (QED) is 0.857. The molecule has 18 heavy (non-hydrogen) atoms. The summed E-state index contributed by atoms with van der Waals surface area (Å²) in [5, 5.41) is 6.30. The molecule has 1 atom stereocenters. The smallest absolute Gasteiger partial charge is 0.228 e. The summed E-state index contributed by atoms with van der Waals surface area (Å²) in [7, 11) is 0. The molecule has 1 aromatic rings. The maximum Gasteiger partial charge on any atom is 0.228 e. The third-order valence-corrected chi connectivity index (χ3v) is 3.96. The van der Waals surface area contributed by atoms with Crippen LogP contribution in [0.2, 0.25) is 0 Å². The summed E-state index contributed by atoms with van der Waals surface area (Å²) in [6.07, 6.45) is 0.910. The molecule has 0 aliphatic carbocycles. The summed E-state index contributed by atoms with van der Waals surface area (Å²) >= 11 is 0. The zero-order chi connectivity index (χ0) is 13.2. The SMILES string of the molecule is Cc1ccc(CNC(=O)C2(C(C)C)CCNC2)o1. The number of aryl methyl sites for hydroxylation is 1. The molecule has 2 heterocycles. The largest absolute Gasteiger partial charge is 0.465 e. The maximum atomic E-state index is 12.4. The summed E-state index contributed by atoms with van der Waals surface area (Å²) in [6, 6.07) is 3.82. The van der Waals surface area contributed by atoms with Gasteiger partial charge < -0.3 is 15.1 Å². The van der Waals surface area contributed by atoms with Gasteiger partial charge in [-0.05, 0) is 37.9 Å². The normalized spacial score (nSPS) is 23.6. The van der Waals surface area contributed by atoms with Crippen molar-refractivity contribution in [1.82, 2.24) is 10.6 Å². The fourth-order valence-corrected chi connectivity index (χ4v) is 2.58. The predicted molar refractivity (Wildman–Crippen MR) is 70.0 cm³/mol. The first kappa shape index (κ1) is 13.1. The number of nitrogens with one attached hydrogen (secondary N) is 2. The van der Waals surface area contributed by atoms with E-state index in [9.17, 15) is 4.79 Å². The standard InChI is InChI=1S/C14H22N2O2/c1-10(2)14(6-7-15-9-14)13(17)16-8-12-5-4-11(3)18-12/h4-5,10,15H,6-9H2,1-3H3,(H,16,17). The van der Waals surface area contributed by atoms with Crippen LogP contribution >= 0.6 is 0 Å².